The minimum absolute atomic E-state index is 0.162. The molecule has 0 saturated heterocycles. The Kier molecular flexibility index (Phi) is 7.41. The van der Waals surface area contributed by atoms with Crippen molar-refractivity contribution in [3.63, 3.8) is 0 Å². The summed E-state index contributed by atoms with van der Waals surface area (Å²) in [6.45, 7) is 9.18. The molecule has 2 N–H and O–H groups in total. The minimum atomic E-state index is -1.21. The van der Waals surface area contributed by atoms with Crippen molar-refractivity contribution in [1.82, 2.24) is 10.3 Å². The Balaban J connectivity index is 2.90. The van der Waals surface area contributed by atoms with Gasteiger partial charge in [-0.2, -0.15) is 0 Å². The fraction of sp³-hybridized carbons (Fsp3) is 0.471. The number of allylic oxidation sites excluding steroid dienone is 1. The van der Waals surface area contributed by atoms with E-state index in [0.717, 1.165) is 5.57 Å². The number of aromatic nitrogens is 1. The summed E-state index contributed by atoms with van der Waals surface area (Å²) in [5.41, 5.74) is 1.35. The summed E-state index contributed by atoms with van der Waals surface area (Å²) in [6.07, 6.45) is 2.31. The molecule has 0 aliphatic carbocycles. The second-order valence-electron chi connectivity index (χ2n) is 5.53. The predicted molar refractivity (Wildman–Crippen MR) is 86.4 cm³/mol. The zero-order chi connectivity index (χ0) is 17.4. The number of rotatable bonds is 8. The normalized spacial score (nSPS) is 14.4. The lowest BCUT2D eigenvalue weighted by molar-refractivity contribution is -0.151. The summed E-state index contributed by atoms with van der Waals surface area (Å²) < 4.78 is 4.96. The van der Waals surface area contributed by atoms with Crippen molar-refractivity contribution in [3.8, 4) is 0 Å². The van der Waals surface area contributed by atoms with Crippen molar-refractivity contribution in [2.24, 2.45) is 5.92 Å². The minimum Gasteiger partial charge on any atom is -0.464 e. The zero-order valence-electron chi connectivity index (χ0n) is 13.8. The smallest absolute Gasteiger partial charge is 0.331 e. The predicted octanol–water partition coefficient (Wildman–Crippen LogP) is 1.77. The van der Waals surface area contributed by atoms with Crippen LogP contribution in [-0.2, 0) is 14.3 Å². The largest absolute Gasteiger partial charge is 0.464 e. The van der Waals surface area contributed by atoms with Gasteiger partial charge in [0.05, 0.1) is 6.61 Å². The van der Waals surface area contributed by atoms with Crippen LogP contribution in [0.5, 0.6) is 0 Å². The van der Waals surface area contributed by atoms with Crippen molar-refractivity contribution in [3.05, 3.63) is 42.2 Å². The van der Waals surface area contributed by atoms with E-state index < -0.39 is 18.1 Å². The number of aliphatic hydroxyl groups excluding tert-OH is 1. The maximum absolute atomic E-state index is 12.2. The van der Waals surface area contributed by atoms with E-state index in [1.54, 1.807) is 26.0 Å². The van der Waals surface area contributed by atoms with Crippen molar-refractivity contribution in [1.29, 1.82) is 0 Å². The molecule has 6 nitrogen and oxygen atoms in total. The molecule has 6 heteroatoms. The molecule has 1 aromatic heterocycles. The number of aliphatic hydroxyl groups is 1. The molecule has 3 atom stereocenters. The molecule has 0 saturated carbocycles. The number of hydrogen-bond donors (Lipinski definition) is 2. The number of nitrogens with zero attached hydrogens (tertiary/aromatic N) is 1. The van der Waals surface area contributed by atoms with E-state index in [9.17, 15) is 14.7 Å². The van der Waals surface area contributed by atoms with Gasteiger partial charge in [-0.1, -0.05) is 12.5 Å². The topological polar surface area (TPSA) is 88.5 Å². The standard InChI is InChI=1S/C17H24N2O4/c1-5-23-17(22)14(15(20)13-6-8-18-9-7-13)19-16(21)12(4)10-11(2)3/h6-9,12,14-15,20H,2,5,10H2,1,3-4H3,(H,19,21). The van der Waals surface area contributed by atoms with Crippen molar-refractivity contribution >= 4 is 11.9 Å². The Bertz CT molecular complexity index is 545. The maximum Gasteiger partial charge on any atom is 0.331 e. The Labute approximate surface area is 136 Å². The molecule has 0 radical (unpaired) electrons. The van der Waals surface area contributed by atoms with Crippen LogP contribution >= 0.6 is 0 Å². The third-order valence-electron chi connectivity index (χ3n) is 3.30. The molecule has 0 fully saturated rings. The molecule has 0 spiro atoms. The van der Waals surface area contributed by atoms with Gasteiger partial charge in [-0.05, 0) is 38.0 Å². The first-order valence-corrected chi connectivity index (χ1v) is 7.56. The van der Waals surface area contributed by atoms with E-state index in [-0.39, 0.29) is 18.4 Å². The zero-order valence-corrected chi connectivity index (χ0v) is 13.8. The molecule has 23 heavy (non-hydrogen) atoms. The summed E-state index contributed by atoms with van der Waals surface area (Å²) >= 11 is 0. The van der Waals surface area contributed by atoms with Crippen LogP contribution in [-0.4, -0.2) is 34.6 Å². The summed E-state index contributed by atoms with van der Waals surface area (Å²) in [6, 6.07) is 2.00. The number of hydrogen-bond acceptors (Lipinski definition) is 5. The Morgan fingerprint density at radius 3 is 2.52 bits per heavy atom. The maximum atomic E-state index is 12.2. The monoisotopic (exact) mass is 320 g/mol. The summed E-state index contributed by atoms with van der Waals surface area (Å²) in [4.78, 5) is 28.2. The molecule has 126 valence electrons. The van der Waals surface area contributed by atoms with Gasteiger partial charge in [0.15, 0.2) is 6.04 Å². The fourth-order valence-electron chi connectivity index (χ4n) is 2.16. The summed E-state index contributed by atoms with van der Waals surface area (Å²) in [7, 11) is 0. The molecular formula is C17H24N2O4. The molecule has 0 aromatic carbocycles. The third-order valence-corrected chi connectivity index (χ3v) is 3.30. The van der Waals surface area contributed by atoms with E-state index in [4.69, 9.17) is 4.74 Å². The number of carbonyl (C=O) groups excluding carboxylic acids is 2. The number of nitrogens with one attached hydrogen (secondary N) is 1. The van der Waals surface area contributed by atoms with Gasteiger partial charge in [-0.3, -0.25) is 9.78 Å². The quantitative estimate of drug-likeness (QED) is 0.563. The Hall–Kier alpha value is -2.21. The van der Waals surface area contributed by atoms with E-state index in [1.807, 2.05) is 6.92 Å². The molecule has 1 heterocycles. The van der Waals surface area contributed by atoms with Crippen LogP contribution < -0.4 is 5.32 Å². The highest BCUT2D eigenvalue weighted by Crippen LogP contribution is 2.18. The number of esters is 1. The average molecular weight is 320 g/mol. The van der Waals surface area contributed by atoms with Crippen LogP contribution in [0.15, 0.2) is 36.7 Å². The van der Waals surface area contributed by atoms with Gasteiger partial charge >= 0.3 is 5.97 Å². The van der Waals surface area contributed by atoms with E-state index in [0.29, 0.717) is 12.0 Å². The first-order chi connectivity index (χ1) is 10.9. The van der Waals surface area contributed by atoms with E-state index in [2.05, 4.69) is 16.9 Å². The number of carbonyl (C=O) groups is 2. The highest BCUT2D eigenvalue weighted by molar-refractivity contribution is 5.86. The summed E-state index contributed by atoms with van der Waals surface area (Å²) in [5.74, 6) is -1.36. The van der Waals surface area contributed by atoms with Crippen molar-refractivity contribution < 1.29 is 19.4 Å². The van der Waals surface area contributed by atoms with Gasteiger partial charge < -0.3 is 15.2 Å². The lowest BCUT2D eigenvalue weighted by Crippen LogP contribution is -2.47. The van der Waals surface area contributed by atoms with Gasteiger partial charge in [0.2, 0.25) is 5.91 Å². The van der Waals surface area contributed by atoms with Crippen LogP contribution in [0.2, 0.25) is 0 Å². The van der Waals surface area contributed by atoms with Crippen molar-refractivity contribution in [2.75, 3.05) is 6.61 Å². The number of pyridine rings is 1. The SMILES string of the molecule is C=C(C)CC(C)C(=O)NC(C(=O)OCC)C(O)c1ccncc1. The highest BCUT2D eigenvalue weighted by atomic mass is 16.5. The lowest BCUT2D eigenvalue weighted by atomic mass is 9.99. The van der Waals surface area contributed by atoms with Crippen LogP contribution in [0.4, 0.5) is 0 Å². The van der Waals surface area contributed by atoms with Gasteiger partial charge in [0, 0.05) is 18.3 Å². The van der Waals surface area contributed by atoms with Crippen LogP contribution in [0.1, 0.15) is 38.9 Å². The third kappa shape index (κ3) is 5.83. The number of amides is 1. The molecule has 0 bridgehead atoms. The van der Waals surface area contributed by atoms with Crippen LogP contribution in [0.3, 0.4) is 0 Å². The first-order valence-electron chi connectivity index (χ1n) is 7.56. The first kappa shape index (κ1) is 18.8. The molecule has 1 aromatic rings. The molecule has 0 aliphatic heterocycles. The second-order valence-corrected chi connectivity index (χ2v) is 5.53. The molecule has 1 amide bonds. The fourth-order valence-corrected chi connectivity index (χ4v) is 2.16. The number of ether oxygens (including phenoxy) is 1. The van der Waals surface area contributed by atoms with Gasteiger partial charge in [0.25, 0.3) is 0 Å². The van der Waals surface area contributed by atoms with Crippen LogP contribution in [0.25, 0.3) is 0 Å². The molecular weight excluding hydrogens is 296 g/mol. The molecule has 3 unspecified atom stereocenters. The second kappa shape index (κ2) is 9.05. The molecule has 1 rings (SSSR count). The van der Waals surface area contributed by atoms with Crippen molar-refractivity contribution in [2.45, 2.75) is 39.3 Å². The van der Waals surface area contributed by atoms with Crippen LogP contribution in [0, 0.1) is 5.92 Å². The highest BCUT2D eigenvalue weighted by Gasteiger charge is 2.32. The summed E-state index contributed by atoms with van der Waals surface area (Å²) in [5, 5.41) is 13.0. The average Bonchev–Trinajstić information content (AvgIpc) is 2.52. The van der Waals surface area contributed by atoms with E-state index in [1.165, 1.54) is 12.4 Å². The lowest BCUT2D eigenvalue weighted by Gasteiger charge is -2.24. The Morgan fingerprint density at radius 2 is 2.00 bits per heavy atom. The van der Waals surface area contributed by atoms with E-state index >= 15 is 0 Å². The van der Waals surface area contributed by atoms with Gasteiger partial charge in [-0.25, -0.2) is 4.79 Å². The molecule has 0 aliphatic rings. The Morgan fingerprint density at radius 1 is 1.39 bits per heavy atom. The van der Waals surface area contributed by atoms with Gasteiger partial charge in [0.1, 0.15) is 6.10 Å². The van der Waals surface area contributed by atoms with Gasteiger partial charge in [-0.15, -0.1) is 6.58 Å².